The van der Waals surface area contributed by atoms with Crippen molar-refractivity contribution in [3.63, 3.8) is 0 Å². The minimum absolute atomic E-state index is 0.0364. The third kappa shape index (κ3) is 4.01. The fraction of sp³-hybridized carbons (Fsp3) is 0.357. The number of aromatic nitrogens is 1. The van der Waals surface area contributed by atoms with Gasteiger partial charge in [-0.2, -0.15) is 0 Å². The molecule has 1 aromatic heterocycles. The fourth-order valence-electron chi connectivity index (χ4n) is 1.82. The Bertz CT molecular complexity index is 554. The second-order valence-corrected chi connectivity index (χ2v) is 5.64. The normalized spacial score (nSPS) is 12.4. The van der Waals surface area contributed by atoms with Gasteiger partial charge in [-0.3, -0.25) is 0 Å². The molecule has 1 unspecified atom stereocenters. The molecule has 1 aromatic carbocycles. The van der Waals surface area contributed by atoms with Crippen molar-refractivity contribution in [3.8, 4) is 5.75 Å². The van der Waals surface area contributed by atoms with Gasteiger partial charge in [-0.05, 0) is 44.0 Å². The highest BCUT2D eigenvalue weighted by Gasteiger charge is 2.09. The summed E-state index contributed by atoms with van der Waals surface area (Å²) in [7, 11) is 0. The largest absolute Gasteiger partial charge is 0.487 e. The summed E-state index contributed by atoms with van der Waals surface area (Å²) < 4.78 is 19.0. The first-order valence-corrected chi connectivity index (χ1v) is 7.00. The zero-order valence-corrected chi connectivity index (χ0v) is 11.8. The van der Waals surface area contributed by atoms with Gasteiger partial charge in [0.2, 0.25) is 0 Å². The van der Waals surface area contributed by atoms with Gasteiger partial charge < -0.3 is 10.5 Å². The molecule has 0 fully saturated rings. The number of hydrogen-bond acceptors (Lipinski definition) is 4. The van der Waals surface area contributed by atoms with E-state index in [0.29, 0.717) is 18.8 Å². The molecule has 102 valence electrons. The van der Waals surface area contributed by atoms with E-state index in [1.807, 2.05) is 19.2 Å². The Morgan fingerprint density at radius 3 is 2.89 bits per heavy atom. The van der Waals surface area contributed by atoms with E-state index in [1.54, 1.807) is 17.4 Å². The number of rotatable bonds is 5. The lowest BCUT2D eigenvalue weighted by Gasteiger charge is -2.12. The summed E-state index contributed by atoms with van der Waals surface area (Å²) in [5, 5.41) is 2.97. The average Bonchev–Trinajstić information content (AvgIpc) is 2.73. The molecular weight excluding hydrogens is 263 g/mol. The molecule has 0 bridgehead atoms. The Hall–Kier alpha value is -1.46. The van der Waals surface area contributed by atoms with Crippen molar-refractivity contribution in [2.45, 2.75) is 32.9 Å². The van der Waals surface area contributed by atoms with Crippen LogP contribution in [-0.2, 0) is 13.0 Å². The Morgan fingerprint density at radius 2 is 2.26 bits per heavy atom. The summed E-state index contributed by atoms with van der Waals surface area (Å²) >= 11 is 1.59. The molecule has 0 aliphatic rings. The quantitative estimate of drug-likeness (QED) is 0.915. The van der Waals surface area contributed by atoms with E-state index in [9.17, 15) is 4.39 Å². The molecule has 0 aliphatic heterocycles. The van der Waals surface area contributed by atoms with Gasteiger partial charge in [0.25, 0.3) is 0 Å². The number of ether oxygens (including phenoxy) is 1. The van der Waals surface area contributed by atoms with Crippen LogP contribution in [0.4, 0.5) is 4.39 Å². The molecule has 1 atom stereocenters. The van der Waals surface area contributed by atoms with E-state index >= 15 is 0 Å². The third-order valence-corrected chi connectivity index (χ3v) is 3.43. The Morgan fingerprint density at radius 1 is 1.47 bits per heavy atom. The predicted octanol–water partition coefficient (Wildman–Crippen LogP) is 3.06. The summed E-state index contributed by atoms with van der Waals surface area (Å²) in [5.74, 6) is 0.400. The SMILES string of the molecule is Cc1nc(COc2ccc(F)cc2CC(C)N)cs1. The zero-order valence-electron chi connectivity index (χ0n) is 11.0. The highest BCUT2D eigenvalue weighted by molar-refractivity contribution is 7.09. The van der Waals surface area contributed by atoms with Crippen LogP contribution in [0, 0.1) is 12.7 Å². The molecule has 19 heavy (non-hydrogen) atoms. The maximum Gasteiger partial charge on any atom is 0.131 e. The van der Waals surface area contributed by atoms with Gasteiger partial charge in [-0.1, -0.05) is 0 Å². The molecule has 0 saturated carbocycles. The highest BCUT2D eigenvalue weighted by atomic mass is 32.1. The molecule has 0 amide bonds. The van der Waals surface area contributed by atoms with E-state index in [1.165, 1.54) is 12.1 Å². The number of halogens is 1. The van der Waals surface area contributed by atoms with Crippen LogP contribution in [0.2, 0.25) is 0 Å². The van der Waals surface area contributed by atoms with Gasteiger partial charge in [0.15, 0.2) is 0 Å². The number of nitrogens with two attached hydrogens (primary N) is 1. The molecule has 0 spiro atoms. The molecule has 0 aliphatic carbocycles. The number of benzene rings is 1. The van der Waals surface area contributed by atoms with Gasteiger partial charge in [0.05, 0.1) is 10.7 Å². The lowest BCUT2D eigenvalue weighted by atomic mass is 10.1. The first-order valence-electron chi connectivity index (χ1n) is 6.12. The number of thiazole rings is 1. The van der Waals surface area contributed by atoms with Gasteiger partial charge in [-0.15, -0.1) is 11.3 Å². The van der Waals surface area contributed by atoms with E-state index in [4.69, 9.17) is 10.5 Å². The molecule has 0 radical (unpaired) electrons. The topological polar surface area (TPSA) is 48.1 Å². The maximum atomic E-state index is 13.3. The Kier molecular flexibility index (Phi) is 4.50. The van der Waals surface area contributed by atoms with Crippen molar-refractivity contribution < 1.29 is 9.13 Å². The van der Waals surface area contributed by atoms with Gasteiger partial charge >= 0.3 is 0 Å². The second kappa shape index (κ2) is 6.12. The number of aryl methyl sites for hydroxylation is 1. The van der Waals surface area contributed by atoms with E-state index in [-0.39, 0.29) is 11.9 Å². The summed E-state index contributed by atoms with van der Waals surface area (Å²) in [6.45, 7) is 4.23. The molecule has 5 heteroatoms. The third-order valence-electron chi connectivity index (χ3n) is 2.61. The van der Waals surface area contributed by atoms with Crippen molar-refractivity contribution >= 4 is 11.3 Å². The van der Waals surface area contributed by atoms with Crippen molar-refractivity contribution in [1.29, 1.82) is 0 Å². The lowest BCUT2D eigenvalue weighted by Crippen LogP contribution is -2.18. The van der Waals surface area contributed by atoms with E-state index in [0.717, 1.165) is 16.3 Å². The van der Waals surface area contributed by atoms with Crippen LogP contribution < -0.4 is 10.5 Å². The maximum absolute atomic E-state index is 13.3. The first kappa shape index (κ1) is 14.0. The van der Waals surface area contributed by atoms with Crippen LogP contribution in [0.5, 0.6) is 5.75 Å². The van der Waals surface area contributed by atoms with Crippen LogP contribution in [0.15, 0.2) is 23.6 Å². The zero-order chi connectivity index (χ0) is 13.8. The predicted molar refractivity (Wildman–Crippen MR) is 74.9 cm³/mol. The minimum Gasteiger partial charge on any atom is -0.487 e. The standard InChI is InChI=1S/C14H17FN2OS/c1-9(16)5-11-6-12(15)3-4-14(11)18-7-13-8-19-10(2)17-13/h3-4,6,8-9H,5,7,16H2,1-2H3. The summed E-state index contributed by atoms with van der Waals surface area (Å²) in [6, 6.07) is 4.48. The van der Waals surface area contributed by atoms with Crippen LogP contribution in [0.1, 0.15) is 23.2 Å². The number of hydrogen-bond donors (Lipinski definition) is 1. The Balaban J connectivity index is 2.10. The molecule has 1 heterocycles. The monoisotopic (exact) mass is 280 g/mol. The number of nitrogens with zero attached hydrogens (tertiary/aromatic N) is 1. The molecular formula is C14H17FN2OS. The van der Waals surface area contributed by atoms with Gasteiger partial charge in [0.1, 0.15) is 18.2 Å². The van der Waals surface area contributed by atoms with E-state index in [2.05, 4.69) is 4.98 Å². The lowest BCUT2D eigenvalue weighted by molar-refractivity contribution is 0.297. The van der Waals surface area contributed by atoms with Crippen molar-refractivity contribution in [2.24, 2.45) is 5.73 Å². The molecule has 2 N–H and O–H groups in total. The Labute approximate surface area is 116 Å². The minimum atomic E-state index is -0.271. The summed E-state index contributed by atoms with van der Waals surface area (Å²) in [6.07, 6.45) is 0.586. The first-order chi connectivity index (χ1) is 9.04. The van der Waals surface area contributed by atoms with Crippen molar-refractivity contribution in [3.05, 3.63) is 45.7 Å². The second-order valence-electron chi connectivity index (χ2n) is 4.58. The fourth-order valence-corrected chi connectivity index (χ4v) is 2.42. The van der Waals surface area contributed by atoms with E-state index < -0.39 is 0 Å². The van der Waals surface area contributed by atoms with Crippen molar-refractivity contribution in [1.82, 2.24) is 4.98 Å². The molecule has 0 saturated heterocycles. The molecule has 3 nitrogen and oxygen atoms in total. The van der Waals surface area contributed by atoms with Gasteiger partial charge in [0, 0.05) is 11.4 Å². The highest BCUT2D eigenvalue weighted by Crippen LogP contribution is 2.22. The summed E-state index contributed by atoms with van der Waals surface area (Å²) in [5.41, 5.74) is 7.45. The van der Waals surface area contributed by atoms with Crippen LogP contribution in [0.25, 0.3) is 0 Å². The van der Waals surface area contributed by atoms with Crippen LogP contribution >= 0.6 is 11.3 Å². The van der Waals surface area contributed by atoms with Crippen LogP contribution in [-0.4, -0.2) is 11.0 Å². The van der Waals surface area contributed by atoms with Crippen LogP contribution in [0.3, 0.4) is 0 Å². The van der Waals surface area contributed by atoms with Gasteiger partial charge in [-0.25, -0.2) is 9.37 Å². The molecule has 2 aromatic rings. The average molecular weight is 280 g/mol. The summed E-state index contributed by atoms with van der Waals surface area (Å²) in [4.78, 5) is 4.33. The van der Waals surface area contributed by atoms with Crippen molar-refractivity contribution in [2.75, 3.05) is 0 Å². The smallest absolute Gasteiger partial charge is 0.131 e. The molecule has 2 rings (SSSR count).